The Balaban J connectivity index is 1.47. The van der Waals surface area contributed by atoms with E-state index in [1.54, 1.807) is 36.2 Å². The van der Waals surface area contributed by atoms with Crippen LogP contribution >= 0.6 is 0 Å². The molecule has 2 unspecified atom stereocenters. The molecule has 4 rings (SSSR count). The van der Waals surface area contributed by atoms with Crippen molar-refractivity contribution in [2.75, 3.05) is 44.5 Å². The molecule has 1 saturated heterocycles. The van der Waals surface area contributed by atoms with Crippen LogP contribution in [-0.2, 0) is 11.0 Å². The van der Waals surface area contributed by atoms with Gasteiger partial charge in [-0.15, -0.1) is 0 Å². The van der Waals surface area contributed by atoms with Gasteiger partial charge in [0.2, 0.25) is 11.9 Å². The smallest absolute Gasteiger partial charge is 0.366 e. The highest BCUT2D eigenvalue weighted by Gasteiger charge is 2.41. The van der Waals surface area contributed by atoms with Gasteiger partial charge in [0.1, 0.15) is 11.4 Å². The average Bonchev–Trinajstić information content (AvgIpc) is 3.41. The summed E-state index contributed by atoms with van der Waals surface area (Å²) in [4.78, 5) is 37.0. The number of piperidine rings is 1. The number of rotatable bonds is 9. The molecule has 0 bridgehead atoms. The molecular formula is C27H33F6N7O2. The third kappa shape index (κ3) is 7.61. The van der Waals surface area contributed by atoms with Gasteiger partial charge in [0.25, 0.3) is 5.91 Å². The van der Waals surface area contributed by atoms with Gasteiger partial charge in [0.05, 0.1) is 5.92 Å². The van der Waals surface area contributed by atoms with Crippen molar-refractivity contribution >= 4 is 29.3 Å². The maximum absolute atomic E-state index is 13.7. The zero-order valence-electron chi connectivity index (χ0n) is 23.1. The topological polar surface area (TPSA) is 102 Å². The van der Waals surface area contributed by atoms with Crippen LogP contribution in [0, 0.1) is 5.92 Å². The summed E-state index contributed by atoms with van der Waals surface area (Å²) in [6.45, 7) is -0.301. The number of likely N-dealkylation sites (tertiary alicyclic amines) is 1. The molecular weight excluding hydrogens is 568 g/mol. The molecule has 1 aromatic heterocycles. The molecule has 3 N–H and O–H groups in total. The fourth-order valence-corrected chi connectivity index (χ4v) is 5.27. The first kappa shape index (κ1) is 31.3. The number of carbonyl (C=O) groups is 2. The minimum Gasteiger partial charge on any atom is -0.366 e. The van der Waals surface area contributed by atoms with Crippen molar-refractivity contribution < 1.29 is 35.9 Å². The van der Waals surface area contributed by atoms with Crippen molar-refractivity contribution in [2.45, 2.75) is 56.4 Å². The quantitative estimate of drug-likeness (QED) is 0.284. The Labute approximate surface area is 239 Å². The van der Waals surface area contributed by atoms with Crippen molar-refractivity contribution in [3.63, 3.8) is 0 Å². The molecule has 2 aliphatic rings. The maximum Gasteiger partial charge on any atom is 0.421 e. The number of aromatic nitrogens is 2. The Kier molecular flexibility index (Phi) is 9.48. The summed E-state index contributed by atoms with van der Waals surface area (Å²) in [5.74, 6) is -3.25. The minimum atomic E-state index is -4.85. The number of amides is 2. The molecule has 1 aliphatic carbocycles. The molecule has 9 nitrogen and oxygen atoms in total. The van der Waals surface area contributed by atoms with E-state index >= 15 is 0 Å². The SMILES string of the molecule is CN1CCC(N(C)C(=O)c2ccc(Nc3ncc(C(F)(F)F)c(NC4CCCC4C(=O)NC(F)(F)CF)n3)cc2)CC1. The number of hydrogen-bond donors (Lipinski definition) is 3. The fourth-order valence-electron chi connectivity index (χ4n) is 5.27. The lowest BCUT2D eigenvalue weighted by Gasteiger charge is -2.35. The molecule has 2 heterocycles. The summed E-state index contributed by atoms with van der Waals surface area (Å²) in [6, 6.07) is 1.44. The van der Waals surface area contributed by atoms with Crippen molar-refractivity contribution in [3.8, 4) is 0 Å². The summed E-state index contributed by atoms with van der Waals surface area (Å²) in [5.41, 5.74) is -0.349. The summed E-state index contributed by atoms with van der Waals surface area (Å²) in [6.07, 6.45) is -1.81. The van der Waals surface area contributed by atoms with Crippen molar-refractivity contribution in [1.29, 1.82) is 0 Å². The van der Waals surface area contributed by atoms with Crippen LogP contribution in [0.3, 0.4) is 0 Å². The molecule has 1 aliphatic heterocycles. The second-order valence-electron chi connectivity index (χ2n) is 10.7. The summed E-state index contributed by atoms with van der Waals surface area (Å²) < 4.78 is 80.5. The molecule has 230 valence electrons. The monoisotopic (exact) mass is 601 g/mol. The van der Waals surface area contributed by atoms with E-state index in [0.717, 1.165) is 25.9 Å². The first-order valence-electron chi connectivity index (χ1n) is 13.6. The van der Waals surface area contributed by atoms with Gasteiger partial charge in [-0.2, -0.15) is 26.9 Å². The molecule has 1 saturated carbocycles. The van der Waals surface area contributed by atoms with Gasteiger partial charge in [-0.05, 0) is 70.1 Å². The predicted octanol–water partition coefficient (Wildman–Crippen LogP) is 4.66. The predicted molar refractivity (Wildman–Crippen MR) is 143 cm³/mol. The zero-order valence-corrected chi connectivity index (χ0v) is 23.1. The van der Waals surface area contributed by atoms with Crippen LogP contribution in [0.25, 0.3) is 0 Å². The number of hydrogen-bond acceptors (Lipinski definition) is 7. The lowest BCUT2D eigenvalue weighted by molar-refractivity contribution is -0.138. The Hall–Kier alpha value is -3.62. The van der Waals surface area contributed by atoms with E-state index in [9.17, 15) is 35.9 Å². The minimum absolute atomic E-state index is 0.126. The number of carbonyl (C=O) groups excluding carboxylic acids is 2. The van der Waals surface area contributed by atoms with Crippen LogP contribution in [0.1, 0.15) is 48.0 Å². The van der Waals surface area contributed by atoms with Crippen molar-refractivity contribution in [3.05, 3.63) is 41.6 Å². The average molecular weight is 602 g/mol. The van der Waals surface area contributed by atoms with E-state index in [2.05, 4.69) is 25.5 Å². The number of nitrogens with zero attached hydrogens (tertiary/aromatic N) is 4. The van der Waals surface area contributed by atoms with Crippen LogP contribution in [0.4, 0.5) is 43.8 Å². The number of alkyl halides is 6. The number of nitrogens with one attached hydrogen (secondary N) is 3. The molecule has 2 aromatic rings. The lowest BCUT2D eigenvalue weighted by atomic mass is 10.0. The van der Waals surface area contributed by atoms with Gasteiger partial charge >= 0.3 is 12.2 Å². The highest BCUT2D eigenvalue weighted by atomic mass is 19.4. The van der Waals surface area contributed by atoms with Gasteiger partial charge in [-0.25, -0.2) is 9.37 Å². The van der Waals surface area contributed by atoms with E-state index in [4.69, 9.17) is 0 Å². The van der Waals surface area contributed by atoms with Crippen LogP contribution in [-0.4, -0.2) is 83.6 Å². The summed E-state index contributed by atoms with van der Waals surface area (Å²) in [5, 5.41) is 6.70. The first-order valence-corrected chi connectivity index (χ1v) is 13.6. The molecule has 2 atom stereocenters. The Morgan fingerprint density at radius 2 is 1.71 bits per heavy atom. The standard InChI is InChI=1S/C27H33F6N7O2/c1-39-12-10-18(11-13-39)40(2)24(42)16-6-8-17(9-7-16)35-25-34-14-20(27(31,32)33)22(37-25)36-21-5-3-4-19(21)23(41)38-26(29,30)15-28/h6-9,14,18-19,21H,3-5,10-13,15H2,1-2H3,(H,38,41)(H2,34,35,36,37). The van der Waals surface area contributed by atoms with E-state index < -0.39 is 48.1 Å². The largest absolute Gasteiger partial charge is 0.421 e. The van der Waals surface area contributed by atoms with E-state index in [1.807, 2.05) is 7.05 Å². The Morgan fingerprint density at radius 1 is 1.05 bits per heavy atom. The first-order chi connectivity index (χ1) is 19.8. The van der Waals surface area contributed by atoms with Crippen LogP contribution < -0.4 is 16.0 Å². The molecule has 1 aromatic carbocycles. The normalized spacial score (nSPS) is 20.3. The fraction of sp³-hybridized carbons (Fsp3) is 0.556. The summed E-state index contributed by atoms with van der Waals surface area (Å²) in [7, 11) is 3.80. The number of anilines is 3. The molecule has 2 amide bonds. The van der Waals surface area contributed by atoms with Gasteiger partial charge in [0, 0.05) is 36.6 Å². The molecule has 15 heteroatoms. The van der Waals surface area contributed by atoms with Gasteiger partial charge in [0.15, 0.2) is 6.67 Å². The highest BCUT2D eigenvalue weighted by molar-refractivity contribution is 5.94. The van der Waals surface area contributed by atoms with Gasteiger partial charge in [-0.1, -0.05) is 6.42 Å². The maximum atomic E-state index is 13.7. The van der Waals surface area contributed by atoms with Crippen LogP contribution in [0.15, 0.2) is 30.5 Å². The number of benzene rings is 1. The zero-order chi connectivity index (χ0) is 30.7. The van der Waals surface area contributed by atoms with E-state index in [0.29, 0.717) is 23.9 Å². The van der Waals surface area contributed by atoms with E-state index in [1.165, 1.54) is 5.32 Å². The highest BCUT2D eigenvalue weighted by Crippen LogP contribution is 2.37. The Morgan fingerprint density at radius 3 is 2.33 bits per heavy atom. The van der Waals surface area contributed by atoms with Gasteiger partial charge in [-0.3, -0.25) is 14.9 Å². The molecule has 0 radical (unpaired) electrons. The van der Waals surface area contributed by atoms with Crippen molar-refractivity contribution in [1.82, 2.24) is 25.1 Å². The second kappa shape index (κ2) is 12.7. The third-order valence-electron chi connectivity index (χ3n) is 7.69. The Bertz CT molecular complexity index is 1250. The number of halogens is 6. The second-order valence-corrected chi connectivity index (χ2v) is 10.7. The molecule has 2 fully saturated rings. The molecule has 42 heavy (non-hydrogen) atoms. The van der Waals surface area contributed by atoms with Crippen LogP contribution in [0.5, 0.6) is 0 Å². The lowest BCUT2D eigenvalue weighted by Crippen LogP contribution is -2.48. The third-order valence-corrected chi connectivity index (χ3v) is 7.69. The van der Waals surface area contributed by atoms with Gasteiger partial charge < -0.3 is 20.4 Å². The van der Waals surface area contributed by atoms with Crippen molar-refractivity contribution in [2.24, 2.45) is 5.92 Å². The van der Waals surface area contributed by atoms with E-state index in [-0.39, 0.29) is 30.7 Å². The summed E-state index contributed by atoms with van der Waals surface area (Å²) >= 11 is 0. The van der Waals surface area contributed by atoms with Crippen LogP contribution in [0.2, 0.25) is 0 Å². The molecule has 0 spiro atoms.